The lowest BCUT2D eigenvalue weighted by Crippen LogP contribution is -2.37. The van der Waals surface area contributed by atoms with Gasteiger partial charge in [0, 0.05) is 37.9 Å². The summed E-state index contributed by atoms with van der Waals surface area (Å²) >= 11 is 0. The number of benzene rings is 3. The Morgan fingerprint density at radius 3 is 2.35 bits per heavy atom. The molecule has 160 valence electrons. The first-order valence-corrected chi connectivity index (χ1v) is 10.9. The van der Waals surface area contributed by atoms with Crippen LogP contribution in [0.25, 0.3) is 10.8 Å². The van der Waals surface area contributed by atoms with Crippen LogP contribution in [-0.4, -0.2) is 43.4 Å². The van der Waals surface area contributed by atoms with E-state index in [-0.39, 0.29) is 18.4 Å². The molecule has 0 spiro atoms. The summed E-state index contributed by atoms with van der Waals surface area (Å²) in [5.41, 5.74) is 2.89. The minimum Gasteiger partial charge on any atom is -0.372 e. The van der Waals surface area contributed by atoms with Crippen LogP contribution in [0.1, 0.15) is 35.2 Å². The normalized spacial score (nSPS) is 13.8. The van der Waals surface area contributed by atoms with Crippen molar-refractivity contribution in [3.8, 4) is 0 Å². The van der Waals surface area contributed by atoms with Crippen LogP contribution in [-0.2, 0) is 11.3 Å². The highest BCUT2D eigenvalue weighted by molar-refractivity contribution is 6.00. The Kier molecular flexibility index (Phi) is 6.51. The van der Waals surface area contributed by atoms with Crippen molar-refractivity contribution < 1.29 is 9.59 Å². The number of amides is 2. The number of piperidine rings is 1. The van der Waals surface area contributed by atoms with Crippen LogP contribution in [0.3, 0.4) is 0 Å². The maximum absolute atomic E-state index is 12.5. The fraction of sp³-hybridized carbons (Fsp3) is 0.308. The minimum atomic E-state index is -0.238. The van der Waals surface area contributed by atoms with Crippen LogP contribution in [0.2, 0.25) is 0 Å². The molecular formula is C26H29N3O2. The first-order valence-electron chi connectivity index (χ1n) is 10.9. The largest absolute Gasteiger partial charge is 0.372 e. The molecule has 2 amide bonds. The second kappa shape index (κ2) is 9.65. The van der Waals surface area contributed by atoms with Gasteiger partial charge < -0.3 is 15.1 Å². The summed E-state index contributed by atoms with van der Waals surface area (Å²) in [7, 11) is 1.77. The average Bonchev–Trinajstić information content (AvgIpc) is 2.83. The molecule has 0 aromatic heterocycles. The Bertz CT molecular complexity index is 1060. The highest BCUT2D eigenvalue weighted by Gasteiger charge is 2.14. The maximum Gasteiger partial charge on any atom is 0.251 e. The van der Waals surface area contributed by atoms with Gasteiger partial charge in [-0.3, -0.25) is 9.59 Å². The van der Waals surface area contributed by atoms with Crippen molar-refractivity contribution in [1.82, 2.24) is 10.2 Å². The van der Waals surface area contributed by atoms with Gasteiger partial charge in [0.05, 0.1) is 6.54 Å². The molecule has 31 heavy (non-hydrogen) atoms. The number of hydrogen-bond donors (Lipinski definition) is 1. The minimum absolute atomic E-state index is 0.0198. The first-order chi connectivity index (χ1) is 15.1. The summed E-state index contributed by atoms with van der Waals surface area (Å²) in [5, 5.41) is 4.84. The van der Waals surface area contributed by atoms with Crippen molar-refractivity contribution in [3.63, 3.8) is 0 Å². The van der Waals surface area contributed by atoms with E-state index in [1.165, 1.54) is 24.9 Å². The van der Waals surface area contributed by atoms with Crippen LogP contribution in [0.15, 0.2) is 66.7 Å². The molecule has 0 aliphatic carbocycles. The Balaban J connectivity index is 1.29. The average molecular weight is 416 g/mol. The molecule has 0 radical (unpaired) electrons. The van der Waals surface area contributed by atoms with Crippen LogP contribution in [0, 0.1) is 0 Å². The van der Waals surface area contributed by atoms with E-state index in [2.05, 4.69) is 34.5 Å². The fourth-order valence-corrected chi connectivity index (χ4v) is 4.05. The molecule has 1 N–H and O–H groups in total. The number of carbonyl (C=O) groups is 2. The van der Waals surface area contributed by atoms with Gasteiger partial charge in [0.15, 0.2) is 0 Å². The summed E-state index contributed by atoms with van der Waals surface area (Å²) in [5.74, 6) is -0.354. The molecule has 3 aromatic rings. The van der Waals surface area contributed by atoms with Gasteiger partial charge >= 0.3 is 0 Å². The number of rotatable bonds is 6. The molecular weight excluding hydrogens is 386 g/mol. The lowest BCUT2D eigenvalue weighted by atomic mass is 10.1. The second-order valence-corrected chi connectivity index (χ2v) is 8.21. The van der Waals surface area contributed by atoms with Crippen molar-refractivity contribution in [3.05, 3.63) is 77.9 Å². The number of nitrogens with zero attached hydrogens (tertiary/aromatic N) is 2. The van der Waals surface area contributed by atoms with Gasteiger partial charge in [-0.25, -0.2) is 0 Å². The Morgan fingerprint density at radius 1 is 0.903 bits per heavy atom. The molecule has 3 aromatic carbocycles. The molecule has 0 saturated carbocycles. The van der Waals surface area contributed by atoms with E-state index in [1.807, 2.05) is 36.4 Å². The lowest BCUT2D eigenvalue weighted by molar-refractivity contribution is -0.129. The van der Waals surface area contributed by atoms with Crippen LogP contribution >= 0.6 is 0 Å². The van der Waals surface area contributed by atoms with Gasteiger partial charge in [-0.05, 0) is 59.9 Å². The lowest BCUT2D eigenvalue weighted by Gasteiger charge is -2.29. The third-order valence-corrected chi connectivity index (χ3v) is 5.91. The van der Waals surface area contributed by atoms with Crippen molar-refractivity contribution in [1.29, 1.82) is 0 Å². The molecule has 4 rings (SSSR count). The Hall–Kier alpha value is -3.34. The fourth-order valence-electron chi connectivity index (χ4n) is 4.05. The molecule has 0 atom stereocenters. The predicted octanol–water partition coefficient (Wildman–Crippen LogP) is 4.22. The van der Waals surface area contributed by atoms with Gasteiger partial charge in [-0.1, -0.05) is 42.5 Å². The zero-order valence-electron chi connectivity index (χ0n) is 18.0. The van der Waals surface area contributed by atoms with Crippen molar-refractivity contribution in [2.45, 2.75) is 25.8 Å². The molecule has 5 heteroatoms. The first kappa shape index (κ1) is 20.9. The van der Waals surface area contributed by atoms with E-state index < -0.39 is 0 Å². The molecule has 1 aliphatic rings. The van der Waals surface area contributed by atoms with Gasteiger partial charge in [0.1, 0.15) is 0 Å². The molecule has 0 bridgehead atoms. The zero-order valence-corrected chi connectivity index (χ0v) is 18.0. The van der Waals surface area contributed by atoms with E-state index in [0.717, 1.165) is 29.4 Å². The molecule has 1 aliphatic heterocycles. The molecule has 5 nitrogen and oxygen atoms in total. The van der Waals surface area contributed by atoms with Crippen molar-refractivity contribution >= 4 is 28.3 Å². The highest BCUT2D eigenvalue weighted by atomic mass is 16.2. The quantitative estimate of drug-likeness (QED) is 0.656. The van der Waals surface area contributed by atoms with Crippen LogP contribution in [0.5, 0.6) is 0 Å². The number of nitrogens with one attached hydrogen (secondary N) is 1. The summed E-state index contributed by atoms with van der Waals surface area (Å²) in [4.78, 5) is 29.1. The van der Waals surface area contributed by atoms with Gasteiger partial charge in [0.2, 0.25) is 5.91 Å². The van der Waals surface area contributed by atoms with E-state index in [9.17, 15) is 9.59 Å². The summed E-state index contributed by atoms with van der Waals surface area (Å²) in [6, 6.07) is 21.9. The Morgan fingerprint density at radius 2 is 1.61 bits per heavy atom. The SMILES string of the molecule is CN(Cc1ccc(N2CCCCC2)cc1)C(=O)CNC(=O)c1ccc2ccccc2c1. The molecule has 1 fully saturated rings. The molecule has 1 heterocycles. The summed E-state index contributed by atoms with van der Waals surface area (Å²) in [6.07, 6.45) is 3.83. The number of carbonyl (C=O) groups excluding carboxylic acids is 2. The standard InChI is InChI=1S/C26H29N3O2/c1-28(19-20-9-13-24(14-10-20)29-15-5-2-6-16-29)25(30)18-27-26(31)23-12-11-21-7-3-4-8-22(21)17-23/h3-4,7-14,17H,2,5-6,15-16,18-19H2,1H3,(H,27,31). The third kappa shape index (κ3) is 5.23. The number of hydrogen-bond acceptors (Lipinski definition) is 3. The topological polar surface area (TPSA) is 52.6 Å². The van der Waals surface area contributed by atoms with Crippen molar-refractivity contribution in [2.75, 3.05) is 31.6 Å². The summed E-state index contributed by atoms with van der Waals surface area (Å²) in [6.45, 7) is 2.74. The molecule has 1 saturated heterocycles. The van der Waals surface area contributed by atoms with Crippen molar-refractivity contribution in [2.24, 2.45) is 0 Å². The van der Waals surface area contributed by atoms with E-state index in [0.29, 0.717) is 12.1 Å². The van der Waals surface area contributed by atoms with Gasteiger partial charge in [0.25, 0.3) is 5.91 Å². The van der Waals surface area contributed by atoms with Gasteiger partial charge in [-0.15, -0.1) is 0 Å². The highest BCUT2D eigenvalue weighted by Crippen LogP contribution is 2.20. The monoisotopic (exact) mass is 415 g/mol. The Labute approximate surface area is 183 Å². The van der Waals surface area contributed by atoms with Gasteiger partial charge in [-0.2, -0.15) is 0 Å². The number of likely N-dealkylation sites (N-methyl/N-ethyl adjacent to an activating group) is 1. The number of fused-ring (bicyclic) bond motifs is 1. The third-order valence-electron chi connectivity index (χ3n) is 5.91. The molecule has 0 unspecified atom stereocenters. The maximum atomic E-state index is 12.5. The smallest absolute Gasteiger partial charge is 0.251 e. The number of anilines is 1. The van der Waals surface area contributed by atoms with E-state index in [1.54, 1.807) is 18.0 Å². The van der Waals surface area contributed by atoms with Crippen LogP contribution in [0.4, 0.5) is 5.69 Å². The second-order valence-electron chi connectivity index (χ2n) is 8.21. The van der Waals surface area contributed by atoms with E-state index >= 15 is 0 Å². The van der Waals surface area contributed by atoms with Crippen LogP contribution < -0.4 is 10.2 Å². The predicted molar refractivity (Wildman–Crippen MR) is 125 cm³/mol. The summed E-state index contributed by atoms with van der Waals surface area (Å²) < 4.78 is 0. The van der Waals surface area contributed by atoms with E-state index in [4.69, 9.17) is 0 Å². The zero-order chi connectivity index (χ0) is 21.6.